The zero-order valence-electron chi connectivity index (χ0n) is 11.2. The first-order valence-electron chi connectivity index (χ1n) is 7.16. The van der Waals surface area contributed by atoms with E-state index in [0.29, 0.717) is 18.5 Å². The molecule has 2 rings (SSSR count). The van der Waals surface area contributed by atoms with Gasteiger partial charge in [0, 0.05) is 42.7 Å². The highest BCUT2D eigenvalue weighted by molar-refractivity contribution is 8.00. The lowest BCUT2D eigenvalue weighted by Gasteiger charge is -2.16. The summed E-state index contributed by atoms with van der Waals surface area (Å²) in [4.78, 5) is 11.4. The number of fused-ring (bicyclic) bond motifs is 1. The third kappa shape index (κ3) is 3.87. The highest BCUT2D eigenvalue weighted by Gasteiger charge is 2.38. The summed E-state index contributed by atoms with van der Waals surface area (Å²) in [6.45, 7) is 3.86. The Morgan fingerprint density at radius 2 is 2.28 bits per heavy atom. The minimum atomic E-state index is 0.217. The molecule has 18 heavy (non-hydrogen) atoms. The standard InChI is InChI=1S/C13H25N3OS/c1-2-7-14-12(17)6-4-3-5-11-13-10(8-18-11)15-9-16-13/h10-11,13,15-16H,2-9H2,1H3,(H,14,17)/t10-,11-,13-/m0/s1. The van der Waals surface area contributed by atoms with Gasteiger partial charge in [0.1, 0.15) is 0 Å². The molecule has 2 saturated heterocycles. The number of rotatable bonds is 7. The van der Waals surface area contributed by atoms with Crippen LogP contribution in [0.15, 0.2) is 0 Å². The average molecular weight is 271 g/mol. The van der Waals surface area contributed by atoms with E-state index in [0.717, 1.165) is 31.3 Å². The number of hydrogen-bond acceptors (Lipinski definition) is 4. The molecule has 2 aliphatic rings. The molecule has 2 heterocycles. The zero-order valence-corrected chi connectivity index (χ0v) is 12.0. The van der Waals surface area contributed by atoms with Crippen LogP contribution in [-0.4, -0.2) is 42.2 Å². The van der Waals surface area contributed by atoms with Crippen LogP contribution in [0.1, 0.15) is 39.0 Å². The third-order valence-corrected chi connectivity index (χ3v) is 5.25. The third-order valence-electron chi connectivity index (χ3n) is 3.74. The molecule has 3 N–H and O–H groups in total. The minimum Gasteiger partial charge on any atom is -0.356 e. The first-order chi connectivity index (χ1) is 8.81. The van der Waals surface area contributed by atoms with Crippen molar-refractivity contribution in [3.05, 3.63) is 0 Å². The second kappa shape index (κ2) is 7.36. The van der Waals surface area contributed by atoms with Crippen LogP contribution in [0.4, 0.5) is 0 Å². The summed E-state index contributed by atoms with van der Waals surface area (Å²) in [6.07, 6.45) is 5.14. The monoisotopic (exact) mass is 271 g/mol. The van der Waals surface area contributed by atoms with E-state index in [4.69, 9.17) is 0 Å². The molecule has 5 heteroatoms. The molecule has 0 aromatic heterocycles. The van der Waals surface area contributed by atoms with Crippen molar-refractivity contribution in [2.24, 2.45) is 0 Å². The zero-order chi connectivity index (χ0) is 12.8. The molecule has 0 bridgehead atoms. The summed E-state index contributed by atoms with van der Waals surface area (Å²) in [5.74, 6) is 1.45. The number of hydrogen-bond donors (Lipinski definition) is 3. The Morgan fingerprint density at radius 3 is 3.11 bits per heavy atom. The molecule has 2 fully saturated rings. The van der Waals surface area contributed by atoms with Crippen LogP contribution < -0.4 is 16.0 Å². The van der Waals surface area contributed by atoms with Crippen LogP contribution in [0.5, 0.6) is 0 Å². The maximum Gasteiger partial charge on any atom is 0.219 e. The number of thioether (sulfide) groups is 1. The topological polar surface area (TPSA) is 53.2 Å². The van der Waals surface area contributed by atoms with Gasteiger partial charge in [-0.05, 0) is 19.3 Å². The van der Waals surface area contributed by atoms with E-state index in [1.54, 1.807) is 0 Å². The van der Waals surface area contributed by atoms with Gasteiger partial charge in [-0.3, -0.25) is 15.4 Å². The lowest BCUT2D eigenvalue weighted by molar-refractivity contribution is -0.121. The fraction of sp³-hybridized carbons (Fsp3) is 0.923. The van der Waals surface area contributed by atoms with Crippen molar-refractivity contribution in [3.8, 4) is 0 Å². The maximum absolute atomic E-state index is 11.4. The van der Waals surface area contributed by atoms with Crippen LogP contribution in [-0.2, 0) is 4.79 Å². The van der Waals surface area contributed by atoms with E-state index in [1.807, 2.05) is 0 Å². The summed E-state index contributed by atoms with van der Waals surface area (Å²) < 4.78 is 0. The van der Waals surface area contributed by atoms with Crippen LogP contribution in [0.3, 0.4) is 0 Å². The van der Waals surface area contributed by atoms with E-state index in [-0.39, 0.29) is 5.91 Å². The average Bonchev–Trinajstić information content (AvgIpc) is 2.95. The van der Waals surface area contributed by atoms with Crippen LogP contribution >= 0.6 is 11.8 Å². The molecular formula is C13H25N3OS. The Balaban J connectivity index is 1.54. The van der Waals surface area contributed by atoms with Crippen LogP contribution in [0, 0.1) is 0 Å². The SMILES string of the molecule is CCCNC(=O)CCCC[C@@H]1SC[C@@H]2NCN[C@@H]21. The minimum absolute atomic E-state index is 0.217. The van der Waals surface area contributed by atoms with Crippen molar-refractivity contribution in [3.63, 3.8) is 0 Å². The molecule has 0 radical (unpaired) electrons. The van der Waals surface area contributed by atoms with E-state index >= 15 is 0 Å². The number of carbonyl (C=O) groups excluding carboxylic acids is 1. The van der Waals surface area contributed by atoms with E-state index in [1.165, 1.54) is 18.6 Å². The van der Waals surface area contributed by atoms with E-state index < -0.39 is 0 Å². The number of unbranched alkanes of at least 4 members (excludes halogenated alkanes) is 1. The summed E-state index contributed by atoms with van der Waals surface area (Å²) >= 11 is 2.08. The number of nitrogens with one attached hydrogen (secondary N) is 3. The van der Waals surface area contributed by atoms with Gasteiger partial charge in [-0.1, -0.05) is 13.3 Å². The molecule has 3 atom stereocenters. The van der Waals surface area contributed by atoms with Gasteiger partial charge >= 0.3 is 0 Å². The predicted octanol–water partition coefficient (Wildman–Crippen LogP) is 1.08. The molecule has 0 aromatic rings. The summed E-state index contributed by atoms with van der Waals surface area (Å²) in [6, 6.07) is 1.33. The number of carbonyl (C=O) groups is 1. The predicted molar refractivity (Wildman–Crippen MR) is 76.7 cm³/mol. The molecule has 0 aliphatic carbocycles. The molecule has 0 unspecified atom stereocenters. The largest absolute Gasteiger partial charge is 0.356 e. The molecule has 104 valence electrons. The fourth-order valence-corrected chi connectivity index (χ4v) is 4.31. The molecule has 1 amide bonds. The molecular weight excluding hydrogens is 246 g/mol. The first kappa shape index (κ1) is 14.2. The van der Waals surface area contributed by atoms with Gasteiger partial charge in [0.05, 0.1) is 0 Å². The normalized spacial score (nSPS) is 30.4. The smallest absolute Gasteiger partial charge is 0.219 e. The van der Waals surface area contributed by atoms with E-state index in [2.05, 4.69) is 34.6 Å². The van der Waals surface area contributed by atoms with Gasteiger partial charge in [-0.2, -0.15) is 11.8 Å². The van der Waals surface area contributed by atoms with Crippen molar-refractivity contribution in [2.75, 3.05) is 19.0 Å². The molecule has 0 aromatic carbocycles. The Bertz CT molecular complexity index is 275. The molecule has 0 spiro atoms. The highest BCUT2D eigenvalue weighted by atomic mass is 32.2. The Kier molecular flexibility index (Phi) is 5.79. The maximum atomic E-state index is 11.4. The highest BCUT2D eigenvalue weighted by Crippen LogP contribution is 2.32. The summed E-state index contributed by atoms with van der Waals surface area (Å²) in [5.41, 5.74) is 0. The quantitative estimate of drug-likeness (QED) is 0.607. The Hall–Kier alpha value is -0.260. The molecule has 4 nitrogen and oxygen atoms in total. The van der Waals surface area contributed by atoms with Crippen molar-refractivity contribution in [1.82, 2.24) is 16.0 Å². The van der Waals surface area contributed by atoms with Crippen LogP contribution in [0.2, 0.25) is 0 Å². The second-order valence-electron chi connectivity index (χ2n) is 5.18. The van der Waals surface area contributed by atoms with Crippen molar-refractivity contribution >= 4 is 17.7 Å². The van der Waals surface area contributed by atoms with E-state index in [9.17, 15) is 4.79 Å². The first-order valence-corrected chi connectivity index (χ1v) is 8.21. The van der Waals surface area contributed by atoms with Gasteiger partial charge < -0.3 is 5.32 Å². The van der Waals surface area contributed by atoms with Crippen molar-refractivity contribution in [2.45, 2.75) is 56.4 Å². The lowest BCUT2D eigenvalue weighted by atomic mass is 10.0. The number of amides is 1. The molecule has 0 saturated carbocycles. The van der Waals surface area contributed by atoms with Crippen LogP contribution in [0.25, 0.3) is 0 Å². The van der Waals surface area contributed by atoms with Crippen molar-refractivity contribution in [1.29, 1.82) is 0 Å². The van der Waals surface area contributed by atoms with Gasteiger partial charge in [-0.25, -0.2) is 0 Å². The van der Waals surface area contributed by atoms with Gasteiger partial charge in [0.15, 0.2) is 0 Å². The Morgan fingerprint density at radius 1 is 1.39 bits per heavy atom. The lowest BCUT2D eigenvalue weighted by Crippen LogP contribution is -2.36. The molecule has 2 aliphatic heterocycles. The summed E-state index contributed by atoms with van der Waals surface area (Å²) in [5, 5.41) is 10.7. The van der Waals surface area contributed by atoms with Gasteiger partial charge in [0.25, 0.3) is 0 Å². The van der Waals surface area contributed by atoms with Crippen molar-refractivity contribution < 1.29 is 4.79 Å². The summed E-state index contributed by atoms with van der Waals surface area (Å²) in [7, 11) is 0. The fourth-order valence-electron chi connectivity index (χ4n) is 2.71. The second-order valence-corrected chi connectivity index (χ2v) is 6.46. The Labute approximate surface area is 114 Å². The van der Waals surface area contributed by atoms with Gasteiger partial charge in [0.2, 0.25) is 5.91 Å². The van der Waals surface area contributed by atoms with Gasteiger partial charge in [-0.15, -0.1) is 0 Å².